The molecule has 0 unspecified atom stereocenters. The van der Waals surface area contributed by atoms with Crippen molar-refractivity contribution in [3.63, 3.8) is 0 Å². The van der Waals surface area contributed by atoms with E-state index in [0.29, 0.717) is 15.7 Å². The van der Waals surface area contributed by atoms with Crippen molar-refractivity contribution in [2.45, 2.75) is 13.1 Å². The lowest BCUT2D eigenvalue weighted by Crippen LogP contribution is -2.33. The van der Waals surface area contributed by atoms with E-state index in [2.05, 4.69) is 15.7 Å². The fraction of sp³-hybridized carbons (Fsp3) is 0.125. The number of hydrogen-bond donors (Lipinski definition) is 1. The Morgan fingerprint density at radius 2 is 1.68 bits per heavy atom. The molecule has 7 nitrogen and oxygen atoms in total. The lowest BCUT2D eigenvalue weighted by molar-refractivity contribution is -0.122. The number of benzene rings is 2. The summed E-state index contributed by atoms with van der Waals surface area (Å²) in [5, 5.41) is 11.1. The smallest absolute Gasteiger partial charge is 0.350 e. The number of tetrazole rings is 1. The minimum Gasteiger partial charge on any atom is -0.350 e. The van der Waals surface area contributed by atoms with Gasteiger partial charge in [-0.1, -0.05) is 53.5 Å². The van der Waals surface area contributed by atoms with E-state index in [1.165, 1.54) is 0 Å². The van der Waals surface area contributed by atoms with E-state index in [-0.39, 0.29) is 19.0 Å². The van der Waals surface area contributed by atoms with Gasteiger partial charge in [-0.3, -0.25) is 4.79 Å². The number of nitrogens with zero attached hydrogens (tertiary/aromatic N) is 4. The van der Waals surface area contributed by atoms with Crippen molar-refractivity contribution in [3.8, 4) is 5.69 Å². The first kappa shape index (κ1) is 17.2. The average molecular weight is 378 g/mol. The van der Waals surface area contributed by atoms with Gasteiger partial charge < -0.3 is 5.32 Å². The molecular formula is C16H13Cl2N5O2. The standard InChI is InChI=1S/C16H13Cl2N5O2/c17-12-6-2-1-5-11(12)9-19-15(24)10-22-16(25)23(21-20-22)14-8-4-3-7-13(14)18/h1-8H,9-10H2,(H,19,24). The number of carbonyl (C=O) groups is 1. The van der Waals surface area contributed by atoms with Gasteiger partial charge in [0.2, 0.25) is 5.91 Å². The second-order valence-corrected chi connectivity index (χ2v) is 5.96. The molecule has 0 fully saturated rings. The number of carbonyl (C=O) groups excluding carboxylic acids is 1. The van der Waals surface area contributed by atoms with Gasteiger partial charge >= 0.3 is 5.69 Å². The molecule has 0 spiro atoms. The number of amides is 1. The molecule has 3 rings (SSSR count). The maximum atomic E-state index is 12.3. The van der Waals surface area contributed by atoms with Gasteiger partial charge in [-0.05, 0) is 34.2 Å². The van der Waals surface area contributed by atoms with E-state index in [1.54, 1.807) is 36.4 Å². The fourth-order valence-corrected chi connectivity index (χ4v) is 2.59. The van der Waals surface area contributed by atoms with E-state index in [0.717, 1.165) is 14.9 Å². The van der Waals surface area contributed by atoms with Gasteiger partial charge in [-0.2, -0.15) is 9.36 Å². The summed E-state index contributed by atoms with van der Waals surface area (Å²) >= 11 is 12.1. The number of nitrogens with one attached hydrogen (secondary N) is 1. The summed E-state index contributed by atoms with van der Waals surface area (Å²) in [4.78, 5) is 24.4. The topological polar surface area (TPSA) is 81.8 Å². The summed E-state index contributed by atoms with van der Waals surface area (Å²) < 4.78 is 2.01. The molecule has 128 valence electrons. The minimum atomic E-state index is -0.555. The highest BCUT2D eigenvalue weighted by Crippen LogP contribution is 2.17. The van der Waals surface area contributed by atoms with Crippen molar-refractivity contribution in [1.82, 2.24) is 25.1 Å². The highest BCUT2D eigenvalue weighted by Gasteiger charge is 2.14. The zero-order chi connectivity index (χ0) is 17.8. The second kappa shape index (κ2) is 7.50. The highest BCUT2D eigenvalue weighted by molar-refractivity contribution is 6.32. The van der Waals surface area contributed by atoms with Gasteiger partial charge in [0, 0.05) is 11.6 Å². The van der Waals surface area contributed by atoms with Gasteiger partial charge in [0.1, 0.15) is 6.54 Å². The van der Waals surface area contributed by atoms with Crippen LogP contribution in [0.5, 0.6) is 0 Å². The quantitative estimate of drug-likeness (QED) is 0.737. The molecule has 9 heteroatoms. The van der Waals surface area contributed by atoms with Crippen molar-refractivity contribution in [3.05, 3.63) is 74.6 Å². The first-order chi connectivity index (χ1) is 12.1. The molecule has 0 bridgehead atoms. The molecule has 1 amide bonds. The predicted octanol–water partition coefficient (Wildman–Crippen LogP) is 2.05. The first-order valence-corrected chi connectivity index (χ1v) is 8.09. The zero-order valence-electron chi connectivity index (χ0n) is 12.9. The van der Waals surface area contributed by atoms with E-state index in [4.69, 9.17) is 23.2 Å². The van der Waals surface area contributed by atoms with Gasteiger partial charge in [-0.25, -0.2) is 4.79 Å². The summed E-state index contributed by atoms with van der Waals surface area (Å²) in [6.07, 6.45) is 0. The van der Waals surface area contributed by atoms with Gasteiger partial charge in [0.15, 0.2) is 0 Å². The molecule has 25 heavy (non-hydrogen) atoms. The molecule has 0 saturated heterocycles. The molecule has 0 saturated carbocycles. The van der Waals surface area contributed by atoms with Crippen LogP contribution in [-0.2, 0) is 17.9 Å². The van der Waals surface area contributed by atoms with Gasteiger partial charge in [0.25, 0.3) is 0 Å². The molecule has 0 aliphatic heterocycles. The molecule has 1 aromatic heterocycles. The van der Waals surface area contributed by atoms with Crippen LogP contribution in [0.25, 0.3) is 5.69 Å². The largest absolute Gasteiger partial charge is 0.369 e. The lowest BCUT2D eigenvalue weighted by Gasteiger charge is -2.06. The zero-order valence-corrected chi connectivity index (χ0v) is 14.4. The molecule has 0 atom stereocenters. The van der Waals surface area contributed by atoms with Crippen LogP contribution in [0.15, 0.2) is 53.3 Å². The predicted molar refractivity (Wildman–Crippen MR) is 93.9 cm³/mol. The van der Waals surface area contributed by atoms with Crippen LogP contribution < -0.4 is 11.0 Å². The Kier molecular flexibility index (Phi) is 5.16. The van der Waals surface area contributed by atoms with Gasteiger partial charge in [-0.15, -0.1) is 0 Å². The van der Waals surface area contributed by atoms with Gasteiger partial charge in [0.05, 0.1) is 10.7 Å². The van der Waals surface area contributed by atoms with E-state index >= 15 is 0 Å². The maximum Gasteiger partial charge on any atom is 0.369 e. The summed E-state index contributed by atoms with van der Waals surface area (Å²) in [5.74, 6) is -0.381. The van der Waals surface area contributed by atoms with Crippen molar-refractivity contribution in [1.29, 1.82) is 0 Å². The van der Waals surface area contributed by atoms with E-state index in [1.807, 2.05) is 12.1 Å². The molecule has 0 aliphatic carbocycles. The molecule has 0 radical (unpaired) electrons. The molecule has 1 N–H and O–H groups in total. The van der Waals surface area contributed by atoms with Crippen molar-refractivity contribution in [2.24, 2.45) is 0 Å². The summed E-state index contributed by atoms with van der Waals surface area (Å²) in [6, 6.07) is 13.9. The van der Waals surface area contributed by atoms with Crippen LogP contribution in [-0.4, -0.2) is 25.7 Å². The van der Waals surface area contributed by atoms with Crippen LogP contribution in [0.4, 0.5) is 0 Å². The van der Waals surface area contributed by atoms with Crippen LogP contribution >= 0.6 is 23.2 Å². The monoisotopic (exact) mass is 377 g/mol. The summed E-state index contributed by atoms with van der Waals surface area (Å²) in [7, 11) is 0. The Balaban J connectivity index is 1.70. The number of hydrogen-bond acceptors (Lipinski definition) is 4. The van der Waals surface area contributed by atoms with Crippen molar-refractivity contribution in [2.75, 3.05) is 0 Å². The number of rotatable bonds is 5. The third-order valence-electron chi connectivity index (χ3n) is 3.45. The number of aromatic nitrogens is 4. The van der Waals surface area contributed by atoms with Crippen LogP contribution in [0, 0.1) is 0 Å². The second-order valence-electron chi connectivity index (χ2n) is 5.15. The summed E-state index contributed by atoms with van der Waals surface area (Å²) in [6.45, 7) is -0.000351. The van der Waals surface area contributed by atoms with Crippen LogP contribution in [0.3, 0.4) is 0 Å². The van der Waals surface area contributed by atoms with E-state index in [9.17, 15) is 9.59 Å². The molecule has 3 aromatic rings. The number of para-hydroxylation sites is 1. The minimum absolute atomic E-state index is 0.256. The van der Waals surface area contributed by atoms with Crippen LogP contribution in [0.2, 0.25) is 10.0 Å². The Morgan fingerprint density at radius 3 is 2.40 bits per heavy atom. The molecule has 0 aliphatic rings. The van der Waals surface area contributed by atoms with Crippen molar-refractivity contribution >= 4 is 29.1 Å². The number of halogens is 2. The highest BCUT2D eigenvalue weighted by atomic mass is 35.5. The third-order valence-corrected chi connectivity index (χ3v) is 4.14. The van der Waals surface area contributed by atoms with E-state index < -0.39 is 5.69 Å². The first-order valence-electron chi connectivity index (χ1n) is 7.34. The molecular weight excluding hydrogens is 365 g/mol. The Bertz CT molecular complexity index is 967. The third kappa shape index (κ3) is 3.89. The normalized spacial score (nSPS) is 10.6. The SMILES string of the molecule is O=C(Cn1nnn(-c2ccccc2Cl)c1=O)NCc1ccccc1Cl. The molecule has 1 heterocycles. The lowest BCUT2D eigenvalue weighted by atomic mass is 10.2. The Hall–Kier alpha value is -2.64. The Morgan fingerprint density at radius 1 is 1.00 bits per heavy atom. The van der Waals surface area contributed by atoms with Crippen molar-refractivity contribution < 1.29 is 4.79 Å². The van der Waals surface area contributed by atoms with Crippen LogP contribution in [0.1, 0.15) is 5.56 Å². The summed E-state index contributed by atoms with van der Waals surface area (Å²) in [5.41, 5.74) is 0.627. The fourth-order valence-electron chi connectivity index (χ4n) is 2.18. The maximum absolute atomic E-state index is 12.3. The molecule has 2 aromatic carbocycles. The average Bonchev–Trinajstić information content (AvgIpc) is 2.95. The Labute approximate surface area is 152 Å².